The lowest BCUT2D eigenvalue weighted by molar-refractivity contribution is 0.181. The standard InChI is InChI=1S/C15H22BrFOSi/c1-15(2,3)19(4,5)18-13-9-6-10-11(16)7-8-12(17)14(10)13/h7-8,13H,6,9H2,1-5H3/t13-/m0/s1. The topological polar surface area (TPSA) is 9.23 Å². The molecule has 0 saturated heterocycles. The molecule has 1 atom stereocenters. The van der Waals surface area contributed by atoms with E-state index in [1.54, 1.807) is 6.07 Å². The van der Waals surface area contributed by atoms with E-state index in [1.807, 2.05) is 0 Å². The normalized spacial score (nSPS) is 19.6. The van der Waals surface area contributed by atoms with Gasteiger partial charge in [-0.2, -0.15) is 0 Å². The quantitative estimate of drug-likeness (QED) is 0.634. The summed E-state index contributed by atoms with van der Waals surface area (Å²) in [4.78, 5) is 0. The van der Waals surface area contributed by atoms with Crippen LogP contribution in [-0.2, 0) is 10.8 Å². The van der Waals surface area contributed by atoms with Gasteiger partial charge < -0.3 is 4.43 Å². The molecule has 19 heavy (non-hydrogen) atoms. The first-order chi connectivity index (χ1) is 8.63. The summed E-state index contributed by atoms with van der Waals surface area (Å²) in [5.41, 5.74) is 1.86. The Morgan fingerprint density at radius 2 is 1.95 bits per heavy atom. The third-order valence-corrected chi connectivity index (χ3v) is 9.70. The van der Waals surface area contributed by atoms with Crippen LogP contribution in [0.3, 0.4) is 0 Å². The Hall–Kier alpha value is -0.193. The number of benzene rings is 1. The maximum atomic E-state index is 14.1. The number of rotatable bonds is 2. The number of halogens is 2. The summed E-state index contributed by atoms with van der Waals surface area (Å²) in [6, 6.07) is 3.33. The van der Waals surface area contributed by atoms with E-state index >= 15 is 0 Å². The largest absolute Gasteiger partial charge is 0.410 e. The van der Waals surface area contributed by atoms with Gasteiger partial charge in [0.05, 0.1) is 6.10 Å². The van der Waals surface area contributed by atoms with Crippen molar-refractivity contribution in [3.8, 4) is 0 Å². The Kier molecular flexibility index (Phi) is 3.98. The Morgan fingerprint density at radius 3 is 2.53 bits per heavy atom. The first kappa shape index (κ1) is 15.2. The first-order valence-corrected chi connectivity index (χ1v) is 10.5. The zero-order valence-corrected chi connectivity index (χ0v) is 14.9. The minimum Gasteiger partial charge on any atom is -0.410 e. The highest BCUT2D eigenvalue weighted by molar-refractivity contribution is 9.10. The Morgan fingerprint density at radius 1 is 1.32 bits per heavy atom. The lowest BCUT2D eigenvalue weighted by Gasteiger charge is -2.38. The van der Waals surface area contributed by atoms with Gasteiger partial charge in [-0.05, 0) is 48.7 Å². The molecule has 0 fully saturated rings. The Labute approximate surface area is 124 Å². The fourth-order valence-corrected chi connectivity index (χ4v) is 4.13. The molecular formula is C15H22BrFOSi. The van der Waals surface area contributed by atoms with Crippen LogP contribution in [0.2, 0.25) is 18.1 Å². The molecule has 0 aliphatic heterocycles. The van der Waals surface area contributed by atoms with Crippen LogP contribution in [0.5, 0.6) is 0 Å². The van der Waals surface area contributed by atoms with Crippen molar-refractivity contribution in [2.75, 3.05) is 0 Å². The molecule has 0 spiro atoms. The minimum atomic E-state index is -1.86. The third kappa shape index (κ3) is 2.81. The molecule has 0 amide bonds. The summed E-state index contributed by atoms with van der Waals surface area (Å²) in [5, 5.41) is 0.151. The monoisotopic (exact) mass is 344 g/mol. The first-order valence-electron chi connectivity index (χ1n) is 6.78. The fourth-order valence-electron chi connectivity index (χ4n) is 2.28. The molecule has 1 aromatic rings. The number of fused-ring (bicyclic) bond motifs is 1. The van der Waals surface area contributed by atoms with Crippen molar-refractivity contribution in [2.24, 2.45) is 0 Å². The van der Waals surface area contributed by atoms with Gasteiger partial charge in [0.15, 0.2) is 8.32 Å². The average Bonchev–Trinajstić information content (AvgIpc) is 2.66. The van der Waals surface area contributed by atoms with E-state index in [2.05, 4.69) is 49.8 Å². The molecule has 1 aliphatic rings. The summed E-state index contributed by atoms with van der Waals surface area (Å²) in [5.74, 6) is -0.126. The molecule has 0 saturated carbocycles. The Balaban J connectivity index is 2.32. The van der Waals surface area contributed by atoms with E-state index in [-0.39, 0.29) is 17.0 Å². The highest BCUT2D eigenvalue weighted by Crippen LogP contribution is 2.45. The van der Waals surface area contributed by atoms with Crippen molar-refractivity contribution in [3.63, 3.8) is 0 Å². The van der Waals surface area contributed by atoms with Gasteiger partial charge in [0.2, 0.25) is 0 Å². The molecule has 2 rings (SSSR count). The maximum absolute atomic E-state index is 14.1. The average molecular weight is 345 g/mol. The molecule has 4 heteroatoms. The predicted octanol–water partition coefficient (Wildman–Crippen LogP) is 5.60. The highest BCUT2D eigenvalue weighted by Gasteiger charge is 2.41. The molecule has 1 nitrogen and oxygen atoms in total. The van der Waals surface area contributed by atoms with Crippen LogP contribution in [0.1, 0.15) is 44.4 Å². The van der Waals surface area contributed by atoms with Crippen molar-refractivity contribution >= 4 is 24.2 Å². The van der Waals surface area contributed by atoms with Gasteiger partial charge in [0, 0.05) is 10.0 Å². The smallest absolute Gasteiger partial charge is 0.192 e. The molecule has 0 radical (unpaired) electrons. The fraction of sp³-hybridized carbons (Fsp3) is 0.600. The second-order valence-electron chi connectivity index (χ2n) is 6.83. The van der Waals surface area contributed by atoms with Crippen LogP contribution in [-0.4, -0.2) is 8.32 Å². The third-order valence-electron chi connectivity index (χ3n) is 4.47. The number of hydrogen-bond acceptors (Lipinski definition) is 1. The minimum absolute atomic E-state index is 0.0756. The molecule has 0 aromatic heterocycles. The van der Waals surface area contributed by atoms with Crippen molar-refractivity contribution in [1.29, 1.82) is 0 Å². The molecule has 1 aromatic carbocycles. The summed E-state index contributed by atoms with van der Waals surface area (Å²) in [6.45, 7) is 11.1. The maximum Gasteiger partial charge on any atom is 0.192 e. The molecular weight excluding hydrogens is 323 g/mol. The van der Waals surface area contributed by atoms with Crippen molar-refractivity contribution < 1.29 is 8.82 Å². The molecule has 0 heterocycles. The second-order valence-corrected chi connectivity index (χ2v) is 12.4. The van der Waals surface area contributed by atoms with Crippen molar-refractivity contribution in [3.05, 3.63) is 33.5 Å². The SMILES string of the molecule is CC(C)(C)[Si](C)(C)O[C@H]1CCc2c(Br)ccc(F)c21. The number of hydrogen-bond donors (Lipinski definition) is 0. The van der Waals surface area contributed by atoms with Crippen LogP contribution in [0.25, 0.3) is 0 Å². The van der Waals surface area contributed by atoms with Crippen LogP contribution >= 0.6 is 15.9 Å². The van der Waals surface area contributed by atoms with E-state index in [1.165, 1.54) is 6.07 Å². The van der Waals surface area contributed by atoms with Gasteiger partial charge in [-0.15, -0.1) is 0 Å². The van der Waals surface area contributed by atoms with Gasteiger partial charge in [-0.25, -0.2) is 4.39 Å². The zero-order chi connectivity index (χ0) is 14.4. The van der Waals surface area contributed by atoms with Crippen LogP contribution < -0.4 is 0 Å². The zero-order valence-electron chi connectivity index (χ0n) is 12.3. The summed E-state index contributed by atoms with van der Waals surface area (Å²) >= 11 is 3.52. The predicted molar refractivity (Wildman–Crippen MR) is 83.4 cm³/mol. The van der Waals surface area contributed by atoms with E-state index in [0.717, 1.165) is 28.4 Å². The van der Waals surface area contributed by atoms with Crippen LogP contribution in [0.4, 0.5) is 4.39 Å². The van der Waals surface area contributed by atoms with Gasteiger partial charge in [0.1, 0.15) is 5.82 Å². The van der Waals surface area contributed by atoms with Gasteiger partial charge in [0.25, 0.3) is 0 Å². The van der Waals surface area contributed by atoms with Crippen LogP contribution in [0.15, 0.2) is 16.6 Å². The molecule has 106 valence electrons. The van der Waals surface area contributed by atoms with Gasteiger partial charge in [-0.1, -0.05) is 36.7 Å². The molecule has 1 aliphatic carbocycles. The summed E-state index contributed by atoms with van der Waals surface area (Å²) in [7, 11) is -1.86. The van der Waals surface area contributed by atoms with E-state index in [0.29, 0.717) is 0 Å². The van der Waals surface area contributed by atoms with Crippen molar-refractivity contribution in [2.45, 2.75) is 57.8 Å². The summed E-state index contributed by atoms with van der Waals surface area (Å²) < 4.78 is 21.5. The van der Waals surface area contributed by atoms with E-state index < -0.39 is 8.32 Å². The Bertz CT molecular complexity index is 494. The molecule has 0 N–H and O–H groups in total. The van der Waals surface area contributed by atoms with Crippen LogP contribution in [0, 0.1) is 5.82 Å². The molecule has 0 unspecified atom stereocenters. The van der Waals surface area contributed by atoms with Gasteiger partial charge >= 0.3 is 0 Å². The van der Waals surface area contributed by atoms with Crippen molar-refractivity contribution in [1.82, 2.24) is 0 Å². The van der Waals surface area contributed by atoms with Gasteiger partial charge in [-0.3, -0.25) is 0 Å². The van der Waals surface area contributed by atoms with E-state index in [4.69, 9.17) is 4.43 Å². The highest BCUT2D eigenvalue weighted by atomic mass is 79.9. The summed E-state index contributed by atoms with van der Waals surface area (Å²) in [6.07, 6.45) is 1.71. The second kappa shape index (κ2) is 4.97. The van der Waals surface area contributed by atoms with E-state index in [9.17, 15) is 4.39 Å². The lowest BCUT2D eigenvalue weighted by Crippen LogP contribution is -2.41. The lowest BCUT2D eigenvalue weighted by atomic mass is 10.1. The molecule has 0 bridgehead atoms.